The van der Waals surface area contributed by atoms with E-state index in [0.29, 0.717) is 45.8 Å². The molecule has 29 heavy (non-hydrogen) atoms. The van der Waals surface area contributed by atoms with Crippen LogP contribution in [-0.2, 0) is 16.0 Å². The van der Waals surface area contributed by atoms with Gasteiger partial charge in [-0.3, -0.25) is 14.5 Å². The fourth-order valence-corrected chi connectivity index (χ4v) is 3.12. The monoisotopic (exact) mass is 403 g/mol. The van der Waals surface area contributed by atoms with Gasteiger partial charge >= 0.3 is 6.03 Å². The van der Waals surface area contributed by atoms with E-state index >= 15 is 0 Å². The molecule has 1 aromatic rings. The Balaban J connectivity index is 1.67. The number of aryl methyl sites for hydroxylation is 1. The smallest absolute Gasteiger partial charge is 0.317 e. The number of carbonyl (C=O) groups is 3. The molecular weight excluding hydrogens is 370 g/mol. The zero-order valence-electron chi connectivity index (χ0n) is 17.7. The van der Waals surface area contributed by atoms with Crippen LogP contribution in [0.3, 0.4) is 0 Å². The molecule has 3 N–H and O–H groups in total. The number of nitrogens with one attached hydrogen (secondary N) is 3. The molecule has 1 heterocycles. The Kier molecular flexibility index (Phi) is 8.92. The second-order valence-corrected chi connectivity index (χ2v) is 7.50. The molecule has 1 aromatic carbocycles. The predicted octanol–water partition coefficient (Wildman–Crippen LogP) is 1.29. The maximum Gasteiger partial charge on any atom is 0.317 e. The average molecular weight is 404 g/mol. The lowest BCUT2D eigenvalue weighted by molar-refractivity contribution is -0.124. The maximum atomic E-state index is 12.4. The summed E-state index contributed by atoms with van der Waals surface area (Å²) in [5.41, 5.74) is 1.98. The molecule has 0 aliphatic carbocycles. The summed E-state index contributed by atoms with van der Waals surface area (Å²) in [6.07, 6.45) is 0.866. The van der Waals surface area contributed by atoms with E-state index in [4.69, 9.17) is 0 Å². The zero-order valence-corrected chi connectivity index (χ0v) is 17.7. The van der Waals surface area contributed by atoms with E-state index in [1.54, 1.807) is 4.90 Å². The lowest BCUT2D eigenvalue weighted by Gasteiger charge is -2.34. The van der Waals surface area contributed by atoms with E-state index in [2.05, 4.69) is 27.8 Å². The Morgan fingerprint density at radius 2 is 1.66 bits per heavy atom. The summed E-state index contributed by atoms with van der Waals surface area (Å²) in [6, 6.07) is 7.69. The Morgan fingerprint density at radius 3 is 2.31 bits per heavy atom. The highest BCUT2D eigenvalue weighted by Gasteiger charge is 2.22. The molecule has 4 amide bonds. The first-order valence-electron chi connectivity index (χ1n) is 10.3. The van der Waals surface area contributed by atoms with Crippen molar-refractivity contribution in [3.05, 3.63) is 29.8 Å². The molecule has 0 radical (unpaired) electrons. The molecule has 0 aromatic heterocycles. The molecule has 0 atom stereocenters. The van der Waals surface area contributed by atoms with Crippen LogP contribution in [0, 0.1) is 5.92 Å². The third-order valence-electron chi connectivity index (χ3n) is 4.92. The van der Waals surface area contributed by atoms with Gasteiger partial charge in [-0.05, 0) is 18.1 Å². The van der Waals surface area contributed by atoms with Crippen LogP contribution in [0.15, 0.2) is 24.3 Å². The number of nitrogens with zero attached hydrogens (tertiary/aromatic N) is 2. The molecular formula is C21H33N5O3. The van der Waals surface area contributed by atoms with Gasteiger partial charge in [0.05, 0.1) is 6.54 Å². The molecule has 1 aliphatic heterocycles. The standard InChI is InChI=1S/C21H33N5O3/c1-4-17-7-5-6-8-18(17)24-19(27)15-25-11-13-26(14-12-25)21(29)23-10-9-22-20(28)16(2)3/h5-8,16H,4,9-15H2,1-3H3,(H,22,28)(H,23,29)(H,24,27). The van der Waals surface area contributed by atoms with Crippen LogP contribution in [0.4, 0.5) is 10.5 Å². The Hall–Kier alpha value is -2.61. The molecule has 1 aliphatic rings. The van der Waals surface area contributed by atoms with Crippen LogP contribution in [0.5, 0.6) is 0 Å². The van der Waals surface area contributed by atoms with E-state index in [1.807, 2.05) is 38.1 Å². The van der Waals surface area contributed by atoms with Gasteiger partial charge in [-0.2, -0.15) is 0 Å². The lowest BCUT2D eigenvalue weighted by Crippen LogP contribution is -2.53. The van der Waals surface area contributed by atoms with Crippen molar-refractivity contribution in [1.29, 1.82) is 0 Å². The number of carbonyl (C=O) groups excluding carboxylic acids is 3. The van der Waals surface area contributed by atoms with Crippen LogP contribution in [0.1, 0.15) is 26.3 Å². The van der Waals surface area contributed by atoms with Gasteiger partial charge < -0.3 is 20.9 Å². The van der Waals surface area contributed by atoms with Crippen molar-refractivity contribution in [1.82, 2.24) is 20.4 Å². The topological polar surface area (TPSA) is 93.8 Å². The summed E-state index contributed by atoms with van der Waals surface area (Å²) in [4.78, 5) is 39.9. The fourth-order valence-electron chi connectivity index (χ4n) is 3.12. The number of anilines is 1. The van der Waals surface area contributed by atoms with Crippen molar-refractivity contribution in [3.8, 4) is 0 Å². The summed E-state index contributed by atoms with van der Waals surface area (Å²) in [5.74, 6) is -0.121. The minimum absolute atomic E-state index is 0.0206. The van der Waals surface area contributed by atoms with Gasteiger partial charge in [-0.15, -0.1) is 0 Å². The number of urea groups is 1. The third kappa shape index (κ3) is 7.38. The van der Waals surface area contributed by atoms with Crippen molar-refractivity contribution in [2.75, 3.05) is 51.1 Å². The molecule has 8 heteroatoms. The fraction of sp³-hybridized carbons (Fsp3) is 0.571. The average Bonchev–Trinajstić information content (AvgIpc) is 2.71. The largest absolute Gasteiger partial charge is 0.354 e. The first kappa shape index (κ1) is 22.7. The summed E-state index contributed by atoms with van der Waals surface area (Å²) in [5, 5.41) is 8.58. The first-order chi connectivity index (χ1) is 13.9. The van der Waals surface area contributed by atoms with E-state index in [0.717, 1.165) is 17.7 Å². The van der Waals surface area contributed by atoms with Crippen LogP contribution in [0.2, 0.25) is 0 Å². The van der Waals surface area contributed by atoms with Crippen molar-refractivity contribution >= 4 is 23.5 Å². The van der Waals surface area contributed by atoms with Gasteiger partial charge in [-0.25, -0.2) is 4.79 Å². The van der Waals surface area contributed by atoms with Gasteiger partial charge in [0, 0.05) is 50.9 Å². The van der Waals surface area contributed by atoms with Crippen molar-refractivity contribution in [3.63, 3.8) is 0 Å². The van der Waals surface area contributed by atoms with Gasteiger partial charge in [0.15, 0.2) is 0 Å². The van der Waals surface area contributed by atoms with Crippen LogP contribution in [0.25, 0.3) is 0 Å². The molecule has 1 saturated heterocycles. The van der Waals surface area contributed by atoms with Crippen molar-refractivity contribution < 1.29 is 14.4 Å². The highest BCUT2D eigenvalue weighted by molar-refractivity contribution is 5.93. The van der Waals surface area contributed by atoms with Crippen molar-refractivity contribution in [2.45, 2.75) is 27.2 Å². The number of hydrogen-bond donors (Lipinski definition) is 3. The molecule has 0 spiro atoms. The van der Waals surface area contributed by atoms with Crippen LogP contribution < -0.4 is 16.0 Å². The zero-order chi connectivity index (χ0) is 21.2. The second kappa shape index (κ2) is 11.4. The number of para-hydroxylation sites is 1. The number of hydrogen-bond acceptors (Lipinski definition) is 4. The van der Waals surface area contributed by atoms with Crippen LogP contribution >= 0.6 is 0 Å². The second-order valence-electron chi connectivity index (χ2n) is 7.50. The minimum atomic E-state index is -0.134. The molecule has 160 valence electrons. The maximum absolute atomic E-state index is 12.4. The highest BCUT2D eigenvalue weighted by Crippen LogP contribution is 2.15. The van der Waals surface area contributed by atoms with E-state index in [9.17, 15) is 14.4 Å². The highest BCUT2D eigenvalue weighted by atomic mass is 16.2. The predicted molar refractivity (Wildman–Crippen MR) is 114 cm³/mol. The van der Waals surface area contributed by atoms with Crippen molar-refractivity contribution in [2.24, 2.45) is 5.92 Å². The molecule has 0 unspecified atom stereocenters. The molecule has 2 rings (SSSR count). The number of rotatable bonds is 8. The van der Waals surface area contributed by atoms with Crippen LogP contribution in [-0.4, -0.2) is 73.5 Å². The lowest BCUT2D eigenvalue weighted by atomic mass is 10.1. The third-order valence-corrected chi connectivity index (χ3v) is 4.92. The summed E-state index contributed by atoms with van der Waals surface area (Å²) in [6.45, 7) is 9.31. The quantitative estimate of drug-likeness (QED) is 0.570. The summed E-state index contributed by atoms with van der Waals surface area (Å²) >= 11 is 0. The SMILES string of the molecule is CCc1ccccc1NC(=O)CN1CCN(C(=O)NCCNC(=O)C(C)C)CC1. The van der Waals surface area contributed by atoms with Gasteiger partial charge in [-0.1, -0.05) is 39.0 Å². The Morgan fingerprint density at radius 1 is 1.00 bits per heavy atom. The number of piperazine rings is 1. The number of benzene rings is 1. The number of amides is 4. The van der Waals surface area contributed by atoms with E-state index in [1.165, 1.54) is 0 Å². The molecule has 1 fully saturated rings. The normalized spacial score (nSPS) is 14.6. The summed E-state index contributed by atoms with van der Waals surface area (Å²) in [7, 11) is 0. The van der Waals surface area contributed by atoms with Gasteiger partial charge in [0.2, 0.25) is 11.8 Å². The van der Waals surface area contributed by atoms with E-state index in [-0.39, 0.29) is 23.8 Å². The minimum Gasteiger partial charge on any atom is -0.354 e. The molecule has 8 nitrogen and oxygen atoms in total. The first-order valence-corrected chi connectivity index (χ1v) is 10.3. The molecule has 0 saturated carbocycles. The van der Waals surface area contributed by atoms with Gasteiger partial charge in [0.25, 0.3) is 0 Å². The Bertz CT molecular complexity index is 699. The summed E-state index contributed by atoms with van der Waals surface area (Å²) < 4.78 is 0. The van der Waals surface area contributed by atoms with Gasteiger partial charge in [0.1, 0.15) is 0 Å². The van der Waals surface area contributed by atoms with E-state index < -0.39 is 0 Å². The molecule has 0 bridgehead atoms. The Labute approximate surface area is 173 Å².